The molecule has 2 aromatic heterocycles. The molecule has 1 amide bonds. The summed E-state index contributed by atoms with van der Waals surface area (Å²) in [5, 5.41) is 10.1. The summed E-state index contributed by atoms with van der Waals surface area (Å²) in [5.41, 5.74) is 4.75. The van der Waals surface area contributed by atoms with E-state index >= 15 is 0 Å². The van der Waals surface area contributed by atoms with Gasteiger partial charge in [0.15, 0.2) is 6.39 Å². The number of aryl methyl sites for hydroxylation is 1. The van der Waals surface area contributed by atoms with E-state index in [-0.39, 0.29) is 24.5 Å². The molecule has 180 valence electrons. The maximum Gasteiger partial charge on any atom is 0.262 e. The van der Waals surface area contributed by atoms with Crippen molar-refractivity contribution in [3.63, 3.8) is 0 Å². The summed E-state index contributed by atoms with van der Waals surface area (Å²) in [6.07, 6.45) is 1.19. The number of sulfonamides is 1. The number of amides is 1. The number of para-hydroxylation sites is 1. The van der Waals surface area contributed by atoms with Crippen LogP contribution in [-0.2, 0) is 34.4 Å². The molecule has 4 aromatic rings. The van der Waals surface area contributed by atoms with Gasteiger partial charge in [-0.2, -0.15) is 4.31 Å². The van der Waals surface area contributed by atoms with Crippen LogP contribution >= 0.6 is 0 Å². The number of nitrogens with zero attached hydrogens (tertiary/aromatic N) is 3. The number of oxazole rings is 1. The number of nitrogens with one attached hydrogen (secondary N) is 1. The number of carbonyl (C=O) groups excluding carboxylic acids is 1. The molecule has 1 aliphatic rings. The van der Waals surface area contributed by atoms with Gasteiger partial charge in [-0.1, -0.05) is 18.2 Å². The lowest BCUT2D eigenvalue weighted by molar-refractivity contribution is -0.133. The topological polar surface area (TPSA) is 135 Å². The zero-order valence-electron chi connectivity index (χ0n) is 18.7. The molecular weight excluding hydrogens is 472 g/mol. The van der Waals surface area contributed by atoms with E-state index < -0.39 is 22.0 Å². The molecule has 0 spiro atoms. The fraction of sp³-hybridized carbons (Fsp3) is 0.208. The normalized spacial score (nSPS) is 16.1. The Morgan fingerprint density at radius 1 is 1.23 bits per heavy atom. The van der Waals surface area contributed by atoms with E-state index in [9.17, 15) is 13.2 Å². The predicted molar refractivity (Wildman–Crippen MR) is 124 cm³/mol. The summed E-state index contributed by atoms with van der Waals surface area (Å²) in [7, 11) is -4.10. The molecule has 35 heavy (non-hydrogen) atoms. The van der Waals surface area contributed by atoms with Crippen LogP contribution < -0.4 is 10.2 Å². The summed E-state index contributed by atoms with van der Waals surface area (Å²) in [4.78, 5) is 20.8. The number of hydrogen-bond donors (Lipinski definition) is 2. The average molecular weight is 495 g/mol. The summed E-state index contributed by atoms with van der Waals surface area (Å²) >= 11 is 0. The van der Waals surface area contributed by atoms with Crippen LogP contribution in [0.5, 0.6) is 5.75 Å². The summed E-state index contributed by atoms with van der Waals surface area (Å²) in [6.45, 7) is 2.03. The van der Waals surface area contributed by atoms with Gasteiger partial charge in [0.05, 0.1) is 22.7 Å². The highest BCUT2D eigenvalue weighted by Gasteiger charge is 2.41. The third-order valence-corrected chi connectivity index (χ3v) is 7.80. The smallest absolute Gasteiger partial charge is 0.262 e. The van der Waals surface area contributed by atoms with E-state index in [0.29, 0.717) is 17.2 Å². The highest BCUT2D eigenvalue weighted by Crippen LogP contribution is 2.30. The standard InChI is InChI=1S/C24H22N4O6S/c1-15-10-16(19-4-2-3-5-20(19)26-15)13-33-17-6-8-18(9-7-17)35(31,32)28-12-23-21(25-14-34-23)11-22(28)24(29)27-30/h2-10,14,22,30H,11-13H2,1H3,(H,27,29). The third-order valence-electron chi connectivity index (χ3n) is 5.93. The van der Waals surface area contributed by atoms with Gasteiger partial charge in [-0.05, 0) is 43.3 Å². The van der Waals surface area contributed by atoms with Crippen molar-refractivity contribution in [2.24, 2.45) is 0 Å². The van der Waals surface area contributed by atoms with Crippen molar-refractivity contribution in [2.45, 2.75) is 37.4 Å². The first-order chi connectivity index (χ1) is 16.9. The number of hydroxylamine groups is 1. The number of aromatic nitrogens is 2. The van der Waals surface area contributed by atoms with Gasteiger partial charge in [0.1, 0.15) is 24.2 Å². The molecule has 2 N–H and O–H groups in total. The van der Waals surface area contributed by atoms with Crippen molar-refractivity contribution in [1.82, 2.24) is 19.8 Å². The first-order valence-electron chi connectivity index (χ1n) is 10.8. The lowest BCUT2D eigenvalue weighted by Crippen LogP contribution is -2.51. The molecule has 5 rings (SSSR count). The Kier molecular flexibility index (Phi) is 5.97. The maximum absolute atomic E-state index is 13.4. The van der Waals surface area contributed by atoms with Gasteiger partial charge in [-0.15, -0.1) is 0 Å². The molecule has 0 saturated heterocycles. The number of carbonyl (C=O) groups is 1. The maximum atomic E-state index is 13.4. The first-order valence-corrected chi connectivity index (χ1v) is 12.3. The van der Waals surface area contributed by atoms with Crippen LogP contribution in [-0.4, -0.2) is 39.8 Å². The Morgan fingerprint density at radius 2 is 2.00 bits per heavy atom. The fourth-order valence-electron chi connectivity index (χ4n) is 4.19. The van der Waals surface area contributed by atoms with Crippen LogP contribution in [0.15, 0.2) is 70.3 Å². The van der Waals surface area contributed by atoms with Crippen LogP contribution in [0.1, 0.15) is 22.7 Å². The lowest BCUT2D eigenvalue weighted by Gasteiger charge is -2.31. The van der Waals surface area contributed by atoms with E-state index in [0.717, 1.165) is 26.5 Å². The van der Waals surface area contributed by atoms with Gasteiger partial charge in [-0.25, -0.2) is 18.9 Å². The lowest BCUT2D eigenvalue weighted by atomic mass is 10.1. The van der Waals surface area contributed by atoms with Gasteiger partial charge in [-0.3, -0.25) is 15.0 Å². The molecule has 1 atom stereocenters. The second-order valence-electron chi connectivity index (χ2n) is 8.17. The molecule has 0 radical (unpaired) electrons. The molecule has 11 heteroatoms. The number of fused-ring (bicyclic) bond motifs is 2. The molecule has 0 bridgehead atoms. The summed E-state index contributed by atoms with van der Waals surface area (Å²) in [5.74, 6) is 0.000696. The van der Waals surface area contributed by atoms with Gasteiger partial charge in [0.2, 0.25) is 10.0 Å². The SMILES string of the molecule is Cc1cc(COc2ccc(S(=O)(=O)N3Cc4ocnc4CC3C(=O)NO)cc2)c2ccccc2n1. The Labute approximate surface area is 201 Å². The van der Waals surface area contributed by atoms with Gasteiger partial charge in [0, 0.05) is 23.1 Å². The molecule has 0 aliphatic carbocycles. The van der Waals surface area contributed by atoms with Crippen LogP contribution in [0.4, 0.5) is 0 Å². The predicted octanol–water partition coefficient (Wildman–Crippen LogP) is 2.73. The van der Waals surface area contributed by atoms with Crippen LogP contribution in [0.3, 0.4) is 0 Å². The van der Waals surface area contributed by atoms with Crippen LogP contribution in [0.25, 0.3) is 10.9 Å². The van der Waals surface area contributed by atoms with E-state index in [1.54, 1.807) is 17.6 Å². The van der Waals surface area contributed by atoms with Crippen molar-refractivity contribution in [2.75, 3.05) is 0 Å². The second-order valence-corrected chi connectivity index (χ2v) is 10.1. The Morgan fingerprint density at radius 3 is 2.77 bits per heavy atom. The molecule has 2 aromatic carbocycles. The van der Waals surface area contributed by atoms with Gasteiger partial charge >= 0.3 is 0 Å². The number of hydrogen-bond acceptors (Lipinski definition) is 8. The fourth-order valence-corrected chi connectivity index (χ4v) is 5.74. The second kappa shape index (κ2) is 9.10. The van der Waals surface area contributed by atoms with E-state index in [4.69, 9.17) is 14.4 Å². The zero-order chi connectivity index (χ0) is 24.6. The zero-order valence-corrected chi connectivity index (χ0v) is 19.5. The van der Waals surface area contributed by atoms with E-state index in [2.05, 4.69) is 9.97 Å². The summed E-state index contributed by atoms with van der Waals surface area (Å²) in [6, 6.07) is 14.6. The first kappa shape index (κ1) is 23.0. The van der Waals surface area contributed by atoms with Crippen LogP contribution in [0.2, 0.25) is 0 Å². The number of ether oxygens (including phenoxy) is 1. The molecule has 10 nitrogen and oxygen atoms in total. The van der Waals surface area contributed by atoms with E-state index in [1.807, 2.05) is 37.3 Å². The number of benzene rings is 2. The molecule has 1 aliphatic heterocycles. The average Bonchev–Trinajstić information content (AvgIpc) is 3.34. The van der Waals surface area contributed by atoms with Crippen molar-refractivity contribution in [1.29, 1.82) is 0 Å². The largest absolute Gasteiger partial charge is 0.489 e. The Balaban J connectivity index is 1.37. The minimum atomic E-state index is -4.10. The molecule has 3 heterocycles. The highest BCUT2D eigenvalue weighted by molar-refractivity contribution is 7.89. The Hall–Kier alpha value is -3.80. The minimum Gasteiger partial charge on any atom is -0.489 e. The number of pyridine rings is 1. The van der Waals surface area contributed by atoms with Crippen molar-refractivity contribution < 1.29 is 27.6 Å². The van der Waals surface area contributed by atoms with Crippen molar-refractivity contribution >= 4 is 26.8 Å². The summed E-state index contributed by atoms with van der Waals surface area (Å²) < 4.78 is 39.0. The van der Waals surface area contributed by atoms with E-state index in [1.165, 1.54) is 18.5 Å². The third kappa shape index (κ3) is 4.36. The minimum absolute atomic E-state index is 0.0159. The number of rotatable bonds is 6. The van der Waals surface area contributed by atoms with Crippen molar-refractivity contribution in [3.8, 4) is 5.75 Å². The van der Waals surface area contributed by atoms with Crippen molar-refractivity contribution in [3.05, 3.63) is 83.7 Å². The highest BCUT2D eigenvalue weighted by atomic mass is 32.2. The Bertz CT molecular complexity index is 1500. The monoisotopic (exact) mass is 494 g/mol. The van der Waals surface area contributed by atoms with Gasteiger partial charge in [0.25, 0.3) is 5.91 Å². The molecule has 0 saturated carbocycles. The molecular formula is C24H22N4O6S. The molecule has 0 fully saturated rings. The molecule has 1 unspecified atom stereocenters. The van der Waals surface area contributed by atoms with Gasteiger partial charge < -0.3 is 9.15 Å². The van der Waals surface area contributed by atoms with Crippen LogP contribution in [0, 0.1) is 6.92 Å². The quantitative estimate of drug-likeness (QED) is 0.309.